The Morgan fingerprint density at radius 2 is 1.65 bits per heavy atom. The number of amides is 2. The molecule has 4 N–H and O–H groups in total. The smallest absolute Gasteiger partial charge is 0.242 e. The first-order valence-electron chi connectivity index (χ1n) is 18.5. The zero-order chi connectivity index (χ0) is 35.8. The molecular weight excluding hydrogens is 641 g/mol. The van der Waals surface area contributed by atoms with E-state index in [-0.39, 0.29) is 25.2 Å². The molecule has 0 aromatic heterocycles. The summed E-state index contributed by atoms with van der Waals surface area (Å²) in [6.07, 6.45) is 13.6. The van der Waals surface area contributed by atoms with E-state index in [1.807, 2.05) is 44.2 Å². The van der Waals surface area contributed by atoms with Gasteiger partial charge in [-0.15, -0.1) is 12.3 Å². The van der Waals surface area contributed by atoms with Crippen LogP contribution in [0.15, 0.2) is 30.3 Å². The maximum Gasteiger partial charge on any atom is 0.242 e. The van der Waals surface area contributed by atoms with Crippen LogP contribution in [0.3, 0.4) is 0 Å². The van der Waals surface area contributed by atoms with Crippen LogP contribution >= 0.6 is 0 Å². The number of aliphatic hydroxyl groups is 2. The third kappa shape index (κ3) is 14.3. The van der Waals surface area contributed by atoms with Crippen LogP contribution in [0.1, 0.15) is 96.5 Å². The molecule has 0 bridgehead atoms. The first-order valence-corrected chi connectivity index (χ1v) is 20.1. The molecule has 2 amide bonds. The van der Waals surface area contributed by atoms with Crippen molar-refractivity contribution in [3.8, 4) is 12.3 Å². The van der Waals surface area contributed by atoms with Gasteiger partial charge in [0, 0.05) is 26.6 Å². The van der Waals surface area contributed by atoms with Crippen LogP contribution in [0, 0.1) is 30.1 Å². The molecule has 1 aromatic carbocycles. The Balaban J connectivity index is 1.78. The molecule has 1 aliphatic heterocycles. The highest BCUT2D eigenvalue weighted by atomic mass is 32.2. The van der Waals surface area contributed by atoms with Gasteiger partial charge in [0.15, 0.2) is 0 Å². The van der Waals surface area contributed by atoms with Gasteiger partial charge in [-0.3, -0.25) is 9.59 Å². The van der Waals surface area contributed by atoms with E-state index in [0.29, 0.717) is 31.8 Å². The highest BCUT2D eigenvalue weighted by Gasteiger charge is 2.35. The second-order valence-corrected chi connectivity index (χ2v) is 16.9. The van der Waals surface area contributed by atoms with E-state index >= 15 is 0 Å². The fourth-order valence-electron chi connectivity index (χ4n) is 7.14. The second-order valence-electron chi connectivity index (χ2n) is 14.7. The third-order valence-electron chi connectivity index (χ3n) is 10.1. The van der Waals surface area contributed by atoms with Crippen molar-refractivity contribution in [1.29, 1.82) is 0 Å². The van der Waals surface area contributed by atoms with Gasteiger partial charge in [-0.05, 0) is 69.0 Å². The largest absolute Gasteiger partial charge is 0.390 e. The van der Waals surface area contributed by atoms with E-state index in [9.17, 15) is 28.2 Å². The minimum absolute atomic E-state index is 0.148. The number of benzene rings is 1. The zero-order valence-electron chi connectivity index (χ0n) is 30.1. The number of carbonyl (C=O) groups excluding carboxylic acids is 2. The van der Waals surface area contributed by atoms with E-state index < -0.39 is 57.8 Å². The number of hydrogen-bond acceptors (Lipinski definition) is 7. The summed E-state index contributed by atoms with van der Waals surface area (Å²) in [5.41, 5.74) is 0.813. The van der Waals surface area contributed by atoms with E-state index in [1.54, 1.807) is 7.05 Å². The predicted molar refractivity (Wildman–Crippen MR) is 195 cm³/mol. The molecule has 1 heterocycles. The molecule has 2 aliphatic rings. The first-order chi connectivity index (χ1) is 23.4. The molecule has 3 rings (SSSR count). The molecular formula is C38H62N4O6S. The molecule has 1 aromatic rings. The average Bonchev–Trinajstić information content (AvgIpc) is 3.08. The Kier molecular flexibility index (Phi) is 17.6. The normalized spacial score (nSPS) is 19.5. The number of aliphatic hydroxyl groups excluding tert-OH is 2. The number of terminal acetylenes is 1. The van der Waals surface area contributed by atoms with Crippen LogP contribution in [0.4, 0.5) is 0 Å². The lowest BCUT2D eigenvalue weighted by Gasteiger charge is -2.34. The number of hydrogen-bond donors (Lipinski definition) is 4. The summed E-state index contributed by atoms with van der Waals surface area (Å²) in [6.45, 7) is 6.83. The van der Waals surface area contributed by atoms with Crippen LogP contribution in [0.2, 0.25) is 0 Å². The lowest BCUT2D eigenvalue weighted by Crippen LogP contribution is -2.56. The van der Waals surface area contributed by atoms with Crippen molar-refractivity contribution in [2.75, 3.05) is 39.0 Å². The van der Waals surface area contributed by atoms with Crippen LogP contribution in [0.5, 0.6) is 0 Å². The van der Waals surface area contributed by atoms with E-state index in [1.165, 1.54) is 17.1 Å². The summed E-state index contributed by atoms with van der Waals surface area (Å²) in [6, 6.07) is 7.52. The van der Waals surface area contributed by atoms with Crippen LogP contribution < -0.4 is 10.6 Å². The fraction of sp³-hybridized carbons (Fsp3) is 0.737. The van der Waals surface area contributed by atoms with Crippen molar-refractivity contribution in [2.24, 2.45) is 17.8 Å². The predicted octanol–water partition coefficient (Wildman–Crippen LogP) is 3.71. The molecule has 49 heavy (non-hydrogen) atoms. The lowest BCUT2D eigenvalue weighted by molar-refractivity contribution is -0.132. The minimum atomic E-state index is -3.81. The monoisotopic (exact) mass is 702 g/mol. The number of piperidine rings is 1. The Labute approximate surface area is 295 Å². The summed E-state index contributed by atoms with van der Waals surface area (Å²) in [5, 5.41) is 27.9. The average molecular weight is 703 g/mol. The molecule has 276 valence electrons. The van der Waals surface area contributed by atoms with Gasteiger partial charge in [0.05, 0.1) is 23.8 Å². The van der Waals surface area contributed by atoms with Crippen molar-refractivity contribution in [3.63, 3.8) is 0 Å². The third-order valence-corrected chi connectivity index (χ3v) is 12.1. The Morgan fingerprint density at radius 1 is 1.00 bits per heavy atom. The van der Waals surface area contributed by atoms with Crippen molar-refractivity contribution in [1.82, 2.24) is 19.8 Å². The maximum atomic E-state index is 14.0. The van der Waals surface area contributed by atoms with E-state index in [2.05, 4.69) is 21.5 Å². The molecule has 5 atom stereocenters. The van der Waals surface area contributed by atoms with Crippen molar-refractivity contribution in [3.05, 3.63) is 35.9 Å². The number of nitrogens with zero attached hydrogens (tertiary/aromatic N) is 2. The maximum absolute atomic E-state index is 14.0. The van der Waals surface area contributed by atoms with E-state index in [4.69, 9.17) is 6.42 Å². The Hall–Kier alpha value is -2.49. The minimum Gasteiger partial charge on any atom is -0.390 e. The fourth-order valence-corrected chi connectivity index (χ4v) is 8.53. The highest BCUT2D eigenvalue weighted by molar-refractivity contribution is 7.89. The SMILES string of the molecule is C#CCC[C@H](NC(=O)[C@H](Cc1ccccc1)CS(=O)(=O)N(C)CCN1CCCCC1)C(=O)N[C@@H](CC1CCCCC1)[C@@H](O)[C@@H](O)CC(C)C. The van der Waals surface area contributed by atoms with Crippen molar-refractivity contribution < 1.29 is 28.2 Å². The van der Waals surface area contributed by atoms with Crippen LogP contribution in [0.25, 0.3) is 0 Å². The molecule has 1 saturated heterocycles. The number of likely N-dealkylation sites (N-methyl/N-ethyl adjacent to an activating group) is 1. The van der Waals surface area contributed by atoms with Gasteiger partial charge in [0.25, 0.3) is 0 Å². The molecule has 1 saturated carbocycles. The van der Waals surface area contributed by atoms with Gasteiger partial charge < -0.3 is 25.7 Å². The van der Waals surface area contributed by atoms with Crippen molar-refractivity contribution >= 4 is 21.8 Å². The van der Waals surface area contributed by atoms with Crippen LogP contribution in [-0.2, 0) is 26.0 Å². The number of likely N-dealkylation sites (tertiary alicyclic amines) is 1. The summed E-state index contributed by atoms with van der Waals surface area (Å²) in [4.78, 5) is 30.1. The molecule has 0 radical (unpaired) electrons. The summed E-state index contributed by atoms with van der Waals surface area (Å²) < 4.78 is 28.6. The topological polar surface area (TPSA) is 139 Å². The van der Waals surface area contributed by atoms with Gasteiger partial charge in [-0.25, -0.2) is 12.7 Å². The van der Waals surface area contributed by atoms with Gasteiger partial charge in [-0.1, -0.05) is 82.7 Å². The quantitative estimate of drug-likeness (QED) is 0.152. The first kappa shape index (κ1) is 40.9. The number of nitrogens with one attached hydrogen (secondary N) is 2. The van der Waals surface area contributed by atoms with Crippen LogP contribution in [-0.4, -0.2) is 103 Å². The molecule has 1 aliphatic carbocycles. The van der Waals surface area contributed by atoms with Gasteiger partial charge in [0.1, 0.15) is 12.1 Å². The summed E-state index contributed by atoms with van der Waals surface area (Å²) >= 11 is 0. The molecule has 11 heteroatoms. The molecule has 2 fully saturated rings. The highest BCUT2D eigenvalue weighted by Crippen LogP contribution is 2.29. The van der Waals surface area contributed by atoms with E-state index in [0.717, 1.165) is 57.2 Å². The number of carbonyl (C=O) groups is 2. The Morgan fingerprint density at radius 3 is 2.29 bits per heavy atom. The second kappa shape index (κ2) is 21.0. The number of rotatable bonds is 20. The molecule has 0 unspecified atom stereocenters. The van der Waals surface area contributed by atoms with Gasteiger partial charge >= 0.3 is 0 Å². The van der Waals surface area contributed by atoms with Gasteiger partial charge in [-0.2, -0.15) is 0 Å². The lowest BCUT2D eigenvalue weighted by atomic mass is 9.82. The number of sulfonamides is 1. The zero-order valence-corrected chi connectivity index (χ0v) is 30.9. The molecule has 10 nitrogen and oxygen atoms in total. The van der Waals surface area contributed by atoms with Crippen molar-refractivity contribution in [2.45, 2.75) is 122 Å². The summed E-state index contributed by atoms with van der Waals surface area (Å²) in [5.74, 6) is 0.604. The standard InChI is InChI=1S/C38H62N4O6S/c1-5-6-20-33(38(46)40-34(27-31-18-12-8-13-19-31)36(44)35(43)25-29(2)3)39-37(45)32(26-30-16-10-7-11-17-30)28-49(47,48)41(4)23-24-42-21-14-9-15-22-42/h1,7,10-11,16-17,29,31-36,43-44H,6,8-9,12-15,18-28H2,2-4H3,(H,39,45)(H,40,46)/t32-,33+,34+,35+,36-/m1/s1. The summed E-state index contributed by atoms with van der Waals surface area (Å²) in [7, 11) is -2.25. The Bertz CT molecular complexity index is 1270. The molecule has 0 spiro atoms. The van der Waals surface area contributed by atoms with Gasteiger partial charge in [0.2, 0.25) is 21.8 Å².